The summed E-state index contributed by atoms with van der Waals surface area (Å²) >= 11 is 0. The predicted octanol–water partition coefficient (Wildman–Crippen LogP) is 3.60. The van der Waals surface area contributed by atoms with E-state index < -0.39 is 0 Å². The van der Waals surface area contributed by atoms with E-state index in [9.17, 15) is 9.90 Å². The first-order chi connectivity index (χ1) is 11.2. The molecule has 0 unspecified atom stereocenters. The minimum Gasteiger partial charge on any atom is -0.508 e. The Balaban J connectivity index is 0.000000753. The number of H-pyrrole nitrogens is 1. The Morgan fingerprint density at radius 3 is 2.43 bits per heavy atom. The third-order valence-corrected chi connectivity index (χ3v) is 3.73. The van der Waals surface area contributed by atoms with Gasteiger partial charge < -0.3 is 10.8 Å². The molecule has 0 amide bonds. The molecular formula is C18H17N3O2. The molecule has 116 valence electrons. The van der Waals surface area contributed by atoms with Crippen molar-refractivity contribution in [1.29, 1.82) is 0 Å². The van der Waals surface area contributed by atoms with Gasteiger partial charge in [-0.25, -0.2) is 0 Å². The number of phenolic OH excluding ortho intramolecular Hbond substituents is 1. The summed E-state index contributed by atoms with van der Waals surface area (Å²) in [4.78, 5) is 12.6. The quantitative estimate of drug-likeness (QED) is 0.468. The second kappa shape index (κ2) is 5.61. The molecule has 4 rings (SSSR count). The Hall–Kier alpha value is -3.08. The number of nitrogens with one attached hydrogen (secondary N) is 1. The molecule has 0 spiro atoms. The average Bonchev–Trinajstić information content (AvgIpc) is 3.12. The van der Waals surface area contributed by atoms with Crippen LogP contribution in [0.1, 0.15) is 29.8 Å². The molecule has 0 bridgehead atoms. The highest BCUT2D eigenvalue weighted by Crippen LogP contribution is 2.42. The highest BCUT2D eigenvalue weighted by Gasteiger charge is 2.33. The lowest BCUT2D eigenvalue weighted by atomic mass is 10.0. The van der Waals surface area contributed by atoms with E-state index >= 15 is 0 Å². The summed E-state index contributed by atoms with van der Waals surface area (Å²) in [5.41, 5.74) is 10.3. The average molecular weight is 307 g/mol. The molecule has 0 radical (unpaired) electrons. The van der Waals surface area contributed by atoms with Crippen LogP contribution in [0.4, 0.5) is 5.69 Å². The number of aromatic amines is 1. The first-order valence-electron chi connectivity index (χ1n) is 7.48. The Bertz CT molecular complexity index is 880. The second-order valence-corrected chi connectivity index (χ2v) is 4.97. The van der Waals surface area contributed by atoms with E-state index in [1.807, 2.05) is 26.0 Å². The lowest BCUT2D eigenvalue weighted by molar-refractivity contribution is 0.104. The first kappa shape index (κ1) is 14.8. The van der Waals surface area contributed by atoms with E-state index in [0.717, 1.165) is 11.1 Å². The third-order valence-electron chi connectivity index (χ3n) is 3.73. The van der Waals surface area contributed by atoms with Gasteiger partial charge in [0.05, 0.1) is 16.8 Å². The summed E-state index contributed by atoms with van der Waals surface area (Å²) < 4.78 is 0. The largest absolute Gasteiger partial charge is 0.508 e. The van der Waals surface area contributed by atoms with E-state index in [-0.39, 0.29) is 11.5 Å². The molecule has 1 heterocycles. The number of fused-ring (bicyclic) bond motifs is 3. The van der Waals surface area contributed by atoms with Crippen LogP contribution in [0.2, 0.25) is 0 Å². The third kappa shape index (κ3) is 2.17. The van der Waals surface area contributed by atoms with Gasteiger partial charge >= 0.3 is 0 Å². The molecule has 1 aliphatic rings. The van der Waals surface area contributed by atoms with Crippen molar-refractivity contribution in [3.05, 3.63) is 53.6 Å². The number of anilines is 1. The van der Waals surface area contributed by atoms with Crippen LogP contribution in [0.25, 0.3) is 22.5 Å². The number of ketones is 1. The topological polar surface area (TPSA) is 92.0 Å². The number of carbonyl (C=O) groups is 1. The van der Waals surface area contributed by atoms with Gasteiger partial charge in [-0.05, 0) is 30.3 Å². The number of nitrogens with zero attached hydrogens (tertiary/aromatic N) is 1. The molecule has 1 aromatic heterocycles. The maximum Gasteiger partial charge on any atom is 0.200 e. The van der Waals surface area contributed by atoms with E-state index in [1.165, 1.54) is 0 Å². The van der Waals surface area contributed by atoms with Gasteiger partial charge in [0.2, 0.25) is 0 Å². The number of carbonyl (C=O) groups excluding carboxylic acids is 1. The summed E-state index contributed by atoms with van der Waals surface area (Å²) in [6, 6.07) is 12.0. The molecule has 0 atom stereocenters. The summed E-state index contributed by atoms with van der Waals surface area (Å²) in [5.74, 6) is 0.0553. The highest BCUT2D eigenvalue weighted by atomic mass is 16.3. The van der Waals surface area contributed by atoms with Crippen LogP contribution in [-0.4, -0.2) is 21.1 Å². The van der Waals surface area contributed by atoms with Crippen LogP contribution in [0, 0.1) is 0 Å². The number of benzene rings is 2. The first-order valence-corrected chi connectivity index (χ1v) is 7.48. The predicted molar refractivity (Wildman–Crippen MR) is 90.3 cm³/mol. The lowest BCUT2D eigenvalue weighted by Gasteiger charge is -2.02. The fourth-order valence-corrected chi connectivity index (χ4v) is 2.74. The van der Waals surface area contributed by atoms with Crippen molar-refractivity contribution < 1.29 is 9.90 Å². The second-order valence-electron chi connectivity index (χ2n) is 4.97. The molecule has 5 nitrogen and oxygen atoms in total. The van der Waals surface area contributed by atoms with Gasteiger partial charge in [0.25, 0.3) is 0 Å². The van der Waals surface area contributed by atoms with Crippen molar-refractivity contribution in [2.45, 2.75) is 13.8 Å². The highest BCUT2D eigenvalue weighted by molar-refractivity contribution is 6.26. The molecule has 1 aliphatic carbocycles. The van der Waals surface area contributed by atoms with Gasteiger partial charge in [-0.1, -0.05) is 26.0 Å². The molecule has 0 aliphatic heterocycles. The van der Waals surface area contributed by atoms with Gasteiger partial charge in [0.1, 0.15) is 11.4 Å². The fraction of sp³-hybridized carbons (Fsp3) is 0.111. The summed E-state index contributed by atoms with van der Waals surface area (Å²) in [7, 11) is 0. The van der Waals surface area contributed by atoms with Crippen molar-refractivity contribution in [1.82, 2.24) is 10.2 Å². The molecule has 5 heteroatoms. The maximum absolute atomic E-state index is 12.6. The molecule has 0 saturated carbocycles. The van der Waals surface area contributed by atoms with Crippen molar-refractivity contribution in [2.75, 3.05) is 5.73 Å². The van der Waals surface area contributed by atoms with E-state index in [4.69, 9.17) is 5.73 Å². The van der Waals surface area contributed by atoms with Crippen molar-refractivity contribution in [3.63, 3.8) is 0 Å². The molecule has 23 heavy (non-hydrogen) atoms. The van der Waals surface area contributed by atoms with Crippen LogP contribution in [-0.2, 0) is 0 Å². The summed E-state index contributed by atoms with van der Waals surface area (Å²) in [6.45, 7) is 4.00. The van der Waals surface area contributed by atoms with Gasteiger partial charge in [-0.15, -0.1) is 0 Å². The number of phenols is 1. The standard InChI is InChI=1S/C16H11N3O2.C2H6/c17-11-3-1-2-10-12(11)16(21)13-14(18-19-15(10)13)8-4-6-9(20)7-5-8;1-2/h1-7,20H,17H2,(H,18,19);1-2H3. The number of nitrogens with two attached hydrogens (primary N) is 1. The Labute approximate surface area is 133 Å². The zero-order chi connectivity index (χ0) is 16.6. The normalized spacial score (nSPS) is 11.5. The number of aromatic nitrogens is 2. The molecule has 4 N–H and O–H groups in total. The maximum atomic E-state index is 12.6. The van der Waals surface area contributed by atoms with E-state index in [1.54, 1.807) is 30.3 Å². The van der Waals surface area contributed by atoms with E-state index in [2.05, 4.69) is 10.2 Å². The number of hydrogen-bond donors (Lipinski definition) is 3. The Morgan fingerprint density at radius 2 is 1.74 bits per heavy atom. The van der Waals surface area contributed by atoms with E-state index in [0.29, 0.717) is 28.2 Å². The van der Waals surface area contributed by atoms with Gasteiger partial charge in [-0.3, -0.25) is 9.89 Å². The van der Waals surface area contributed by atoms with Crippen molar-refractivity contribution >= 4 is 11.5 Å². The zero-order valence-corrected chi connectivity index (χ0v) is 12.9. The van der Waals surface area contributed by atoms with Gasteiger partial charge in [0, 0.05) is 16.8 Å². The zero-order valence-electron chi connectivity index (χ0n) is 12.9. The Morgan fingerprint density at radius 1 is 1.04 bits per heavy atom. The van der Waals surface area contributed by atoms with Crippen LogP contribution >= 0.6 is 0 Å². The van der Waals surface area contributed by atoms with Crippen LogP contribution < -0.4 is 5.73 Å². The van der Waals surface area contributed by atoms with Gasteiger partial charge in [0.15, 0.2) is 5.78 Å². The van der Waals surface area contributed by atoms with Crippen molar-refractivity contribution in [3.8, 4) is 28.3 Å². The monoisotopic (exact) mass is 307 g/mol. The van der Waals surface area contributed by atoms with Crippen LogP contribution in [0.15, 0.2) is 42.5 Å². The molecule has 0 saturated heterocycles. The van der Waals surface area contributed by atoms with Crippen molar-refractivity contribution in [2.24, 2.45) is 0 Å². The smallest absolute Gasteiger partial charge is 0.200 e. The molecular weight excluding hydrogens is 290 g/mol. The SMILES string of the molecule is CC.Nc1cccc2c1C(=O)c1c(-c3ccc(O)cc3)n[nH]c1-2. The lowest BCUT2D eigenvalue weighted by Crippen LogP contribution is -2.02. The fourth-order valence-electron chi connectivity index (χ4n) is 2.74. The minimum atomic E-state index is -0.116. The molecule has 2 aromatic carbocycles. The number of hydrogen-bond acceptors (Lipinski definition) is 4. The molecule has 3 aromatic rings. The van der Waals surface area contributed by atoms with Gasteiger partial charge in [-0.2, -0.15) is 5.10 Å². The summed E-state index contributed by atoms with van der Waals surface area (Å²) in [6.07, 6.45) is 0. The summed E-state index contributed by atoms with van der Waals surface area (Å²) in [5, 5.41) is 16.5. The number of rotatable bonds is 1. The molecule has 0 fully saturated rings. The number of nitrogen functional groups attached to an aromatic ring is 1. The van der Waals surface area contributed by atoms with Crippen LogP contribution in [0.3, 0.4) is 0 Å². The minimum absolute atomic E-state index is 0.116. The Kier molecular flexibility index (Phi) is 3.62. The number of aromatic hydroxyl groups is 1. The van der Waals surface area contributed by atoms with Crippen LogP contribution in [0.5, 0.6) is 5.75 Å².